The molecule has 2 amide bonds. The minimum atomic E-state index is -0.879. The summed E-state index contributed by atoms with van der Waals surface area (Å²) < 4.78 is 29.0. The maximum atomic E-state index is 14.7. The Morgan fingerprint density at radius 2 is 1.85 bits per heavy atom. The summed E-state index contributed by atoms with van der Waals surface area (Å²) >= 11 is 0. The molecule has 0 spiro atoms. The molecule has 1 aromatic heterocycles. The number of rotatable bonds is 6. The fraction of sp³-hybridized carbons (Fsp3) is 0.500. The lowest BCUT2D eigenvalue weighted by Gasteiger charge is -2.30. The van der Waals surface area contributed by atoms with Crippen LogP contribution in [-0.4, -0.2) is 38.9 Å². The Bertz CT molecular complexity index is 1160. The number of aliphatic hydroxyl groups is 1. The Balaban J connectivity index is 1.41. The summed E-state index contributed by atoms with van der Waals surface area (Å²) in [5.74, 6) is -1.39. The van der Waals surface area contributed by atoms with Crippen molar-refractivity contribution in [3.63, 3.8) is 0 Å². The van der Waals surface area contributed by atoms with Gasteiger partial charge in [-0.1, -0.05) is 0 Å². The standard InChI is InChI=1S/C26H29F2N3O3/c1-12-6-21(28)18(10-20(12)27)24(15-4-5-15)30-25(33)23-9-16-8-22(16)31(23)26(34)17-7-13(2)29-11-19(17)14(3)32/h6-7,10-11,14-16,22-24,32H,4-5,8-9H2,1-3H3,(H,30,33)/t14?,16-,22-,23-,24-/m1/s1. The molecule has 1 unspecified atom stereocenters. The molecule has 2 aromatic rings. The monoisotopic (exact) mass is 469 g/mol. The molecule has 1 saturated heterocycles. The SMILES string of the molecule is Cc1cc(C(=O)N2[C@@H](C(=O)N[C@@H](c3cc(F)c(C)cc3F)C3CC3)C[C@H]3C[C@H]32)c(C(C)O)cn1. The van der Waals surface area contributed by atoms with Gasteiger partial charge in [0.2, 0.25) is 5.91 Å². The highest BCUT2D eigenvalue weighted by Crippen LogP contribution is 2.49. The van der Waals surface area contributed by atoms with E-state index < -0.39 is 29.8 Å². The third-order valence-electron chi connectivity index (χ3n) is 7.40. The second-order valence-electron chi connectivity index (χ2n) is 10.1. The van der Waals surface area contributed by atoms with Crippen molar-refractivity contribution in [3.8, 4) is 0 Å². The molecule has 0 radical (unpaired) electrons. The Kier molecular flexibility index (Phi) is 5.67. The quantitative estimate of drug-likeness (QED) is 0.672. The van der Waals surface area contributed by atoms with Gasteiger partial charge in [0, 0.05) is 34.6 Å². The first-order chi connectivity index (χ1) is 16.2. The molecule has 2 heterocycles. The van der Waals surface area contributed by atoms with Gasteiger partial charge in [0.1, 0.15) is 17.7 Å². The van der Waals surface area contributed by atoms with Crippen molar-refractivity contribution in [3.05, 3.63) is 64.0 Å². The van der Waals surface area contributed by atoms with Crippen LogP contribution < -0.4 is 5.32 Å². The summed E-state index contributed by atoms with van der Waals surface area (Å²) in [6.45, 7) is 4.85. The van der Waals surface area contributed by atoms with E-state index in [-0.39, 0.29) is 40.8 Å². The molecule has 1 aromatic carbocycles. The highest BCUT2D eigenvalue weighted by atomic mass is 19.1. The number of aryl methyl sites for hydroxylation is 2. The lowest BCUT2D eigenvalue weighted by atomic mass is 9.98. The third-order valence-corrected chi connectivity index (χ3v) is 7.40. The molecular formula is C26H29F2N3O3. The van der Waals surface area contributed by atoms with Crippen LogP contribution >= 0.6 is 0 Å². The molecule has 8 heteroatoms. The fourth-order valence-electron chi connectivity index (χ4n) is 5.24. The number of amides is 2. The number of aliphatic hydroxyl groups excluding tert-OH is 1. The fourth-order valence-corrected chi connectivity index (χ4v) is 5.24. The average molecular weight is 470 g/mol. The van der Waals surface area contributed by atoms with Gasteiger partial charge in [0.25, 0.3) is 5.91 Å². The van der Waals surface area contributed by atoms with Crippen molar-refractivity contribution in [2.45, 2.75) is 70.7 Å². The van der Waals surface area contributed by atoms with Gasteiger partial charge in [0.05, 0.1) is 12.1 Å². The van der Waals surface area contributed by atoms with Crippen molar-refractivity contribution >= 4 is 11.8 Å². The normalized spacial score (nSPS) is 25.0. The van der Waals surface area contributed by atoms with E-state index in [1.54, 1.807) is 24.8 Å². The Morgan fingerprint density at radius 1 is 1.12 bits per heavy atom. The Hall–Kier alpha value is -2.87. The zero-order valence-electron chi connectivity index (χ0n) is 19.5. The Labute approximate surface area is 197 Å². The number of aromatic nitrogens is 1. The van der Waals surface area contributed by atoms with E-state index in [0.29, 0.717) is 23.2 Å². The third kappa shape index (κ3) is 4.08. The largest absolute Gasteiger partial charge is 0.389 e. The van der Waals surface area contributed by atoms with Crippen LogP contribution in [0.4, 0.5) is 8.78 Å². The van der Waals surface area contributed by atoms with E-state index in [4.69, 9.17) is 0 Å². The van der Waals surface area contributed by atoms with E-state index in [1.807, 2.05) is 0 Å². The van der Waals surface area contributed by atoms with Crippen LogP contribution in [-0.2, 0) is 4.79 Å². The Morgan fingerprint density at radius 3 is 2.53 bits per heavy atom. The number of pyridine rings is 1. The molecule has 2 N–H and O–H groups in total. The molecule has 3 fully saturated rings. The van der Waals surface area contributed by atoms with Gasteiger partial charge in [-0.05, 0) is 82.1 Å². The van der Waals surface area contributed by atoms with E-state index >= 15 is 0 Å². The van der Waals surface area contributed by atoms with Gasteiger partial charge in [-0.3, -0.25) is 14.6 Å². The van der Waals surface area contributed by atoms with Gasteiger partial charge < -0.3 is 15.3 Å². The van der Waals surface area contributed by atoms with E-state index in [2.05, 4.69) is 10.3 Å². The predicted molar refractivity (Wildman–Crippen MR) is 121 cm³/mol. The number of carbonyl (C=O) groups is 2. The highest BCUT2D eigenvalue weighted by molar-refractivity contribution is 6.00. The maximum absolute atomic E-state index is 14.7. The average Bonchev–Trinajstić information content (AvgIpc) is 3.72. The molecule has 3 aliphatic rings. The highest BCUT2D eigenvalue weighted by Gasteiger charge is 2.56. The number of fused-ring (bicyclic) bond motifs is 1. The molecule has 1 aliphatic heterocycles. The summed E-state index contributed by atoms with van der Waals surface area (Å²) in [6.07, 6.45) is 3.65. The smallest absolute Gasteiger partial charge is 0.255 e. The molecule has 180 valence electrons. The number of benzene rings is 1. The van der Waals surface area contributed by atoms with E-state index in [9.17, 15) is 23.5 Å². The molecule has 0 bridgehead atoms. The van der Waals surface area contributed by atoms with Crippen molar-refractivity contribution < 1.29 is 23.5 Å². The van der Waals surface area contributed by atoms with Crippen LogP contribution in [0.3, 0.4) is 0 Å². The summed E-state index contributed by atoms with van der Waals surface area (Å²) in [7, 11) is 0. The number of nitrogens with one attached hydrogen (secondary N) is 1. The topological polar surface area (TPSA) is 82.5 Å². The minimum absolute atomic E-state index is 0.0218. The second-order valence-corrected chi connectivity index (χ2v) is 10.1. The van der Waals surface area contributed by atoms with Crippen LogP contribution in [0.25, 0.3) is 0 Å². The van der Waals surface area contributed by atoms with Crippen LogP contribution in [0.5, 0.6) is 0 Å². The first kappa shape index (κ1) is 22.9. The number of hydrogen-bond donors (Lipinski definition) is 2. The number of halogens is 2. The zero-order valence-corrected chi connectivity index (χ0v) is 19.5. The van der Waals surface area contributed by atoms with Crippen molar-refractivity contribution in [1.29, 1.82) is 0 Å². The number of likely N-dealkylation sites (tertiary alicyclic amines) is 1. The van der Waals surface area contributed by atoms with E-state index in [1.165, 1.54) is 19.2 Å². The van der Waals surface area contributed by atoms with Gasteiger partial charge in [-0.15, -0.1) is 0 Å². The van der Waals surface area contributed by atoms with Gasteiger partial charge in [0.15, 0.2) is 0 Å². The molecule has 5 rings (SSSR count). The summed E-state index contributed by atoms with van der Waals surface area (Å²) in [5, 5.41) is 13.1. The van der Waals surface area contributed by atoms with Gasteiger partial charge >= 0.3 is 0 Å². The first-order valence-electron chi connectivity index (χ1n) is 11.9. The minimum Gasteiger partial charge on any atom is -0.389 e. The lowest BCUT2D eigenvalue weighted by Crippen LogP contribution is -2.49. The van der Waals surface area contributed by atoms with Crippen LogP contribution in [0.15, 0.2) is 24.4 Å². The zero-order chi connectivity index (χ0) is 24.3. The maximum Gasteiger partial charge on any atom is 0.255 e. The number of nitrogens with zero attached hydrogens (tertiary/aromatic N) is 2. The predicted octanol–water partition coefficient (Wildman–Crippen LogP) is 3.90. The molecule has 34 heavy (non-hydrogen) atoms. The van der Waals surface area contributed by atoms with Gasteiger partial charge in [-0.2, -0.15) is 0 Å². The summed E-state index contributed by atoms with van der Waals surface area (Å²) in [6, 6.07) is 2.64. The summed E-state index contributed by atoms with van der Waals surface area (Å²) in [4.78, 5) is 32.9. The van der Waals surface area contributed by atoms with Crippen LogP contribution in [0, 0.1) is 37.3 Å². The van der Waals surface area contributed by atoms with Crippen molar-refractivity contribution in [2.24, 2.45) is 11.8 Å². The number of hydrogen-bond acceptors (Lipinski definition) is 4. The lowest BCUT2D eigenvalue weighted by molar-refractivity contribution is -0.126. The van der Waals surface area contributed by atoms with Crippen molar-refractivity contribution in [2.75, 3.05) is 0 Å². The van der Waals surface area contributed by atoms with Crippen molar-refractivity contribution in [1.82, 2.24) is 15.2 Å². The second kappa shape index (κ2) is 8.41. The van der Waals surface area contributed by atoms with Gasteiger partial charge in [-0.25, -0.2) is 8.78 Å². The molecule has 6 nitrogen and oxygen atoms in total. The molecule has 5 atom stereocenters. The van der Waals surface area contributed by atoms with Crippen LogP contribution in [0.2, 0.25) is 0 Å². The number of piperidine rings is 1. The molecule has 2 saturated carbocycles. The summed E-state index contributed by atoms with van der Waals surface area (Å²) in [5.41, 5.74) is 1.79. The molecule has 2 aliphatic carbocycles. The van der Waals surface area contributed by atoms with Crippen LogP contribution in [0.1, 0.15) is 77.5 Å². The van der Waals surface area contributed by atoms with E-state index in [0.717, 1.165) is 25.3 Å². The molecular weight excluding hydrogens is 440 g/mol. The number of carbonyl (C=O) groups excluding carboxylic acids is 2. The first-order valence-corrected chi connectivity index (χ1v) is 11.9.